The highest BCUT2D eigenvalue weighted by molar-refractivity contribution is 9.10. The van der Waals surface area contributed by atoms with Gasteiger partial charge in [-0.3, -0.25) is 4.79 Å². The molecule has 1 amide bonds. The fourth-order valence-electron chi connectivity index (χ4n) is 1.36. The molecule has 0 aliphatic heterocycles. The molecule has 0 saturated carbocycles. The van der Waals surface area contributed by atoms with Crippen molar-refractivity contribution >= 4 is 33.5 Å². The first kappa shape index (κ1) is 12.4. The Labute approximate surface area is 111 Å². The third-order valence-electron chi connectivity index (χ3n) is 2.16. The summed E-state index contributed by atoms with van der Waals surface area (Å²) in [6.07, 6.45) is 0. The first-order chi connectivity index (χ1) is 8.56. The molecule has 1 aromatic heterocycles. The minimum atomic E-state index is -1.05. The van der Waals surface area contributed by atoms with Crippen molar-refractivity contribution in [2.75, 3.05) is 5.32 Å². The average molecular weight is 310 g/mol. The van der Waals surface area contributed by atoms with Crippen molar-refractivity contribution < 1.29 is 19.1 Å². The van der Waals surface area contributed by atoms with Gasteiger partial charge >= 0.3 is 5.97 Å². The topological polar surface area (TPSA) is 79.5 Å². The number of aromatic carboxylic acids is 1. The average Bonchev–Trinajstić information content (AvgIpc) is 2.76. The van der Waals surface area contributed by atoms with E-state index in [-0.39, 0.29) is 11.3 Å². The van der Waals surface area contributed by atoms with Gasteiger partial charge in [0.15, 0.2) is 10.4 Å². The number of carboxylic acid groups (broad SMARTS) is 1. The van der Waals surface area contributed by atoms with Crippen molar-refractivity contribution in [2.24, 2.45) is 0 Å². The number of carbonyl (C=O) groups excluding carboxylic acids is 1. The number of benzene rings is 1. The van der Waals surface area contributed by atoms with E-state index in [4.69, 9.17) is 9.52 Å². The van der Waals surface area contributed by atoms with Gasteiger partial charge in [0.25, 0.3) is 5.91 Å². The number of furan rings is 1. The number of carboxylic acids is 1. The maximum atomic E-state index is 11.7. The van der Waals surface area contributed by atoms with Crippen LogP contribution in [0.2, 0.25) is 0 Å². The van der Waals surface area contributed by atoms with Crippen LogP contribution in [0.5, 0.6) is 0 Å². The van der Waals surface area contributed by atoms with Crippen molar-refractivity contribution in [1.82, 2.24) is 0 Å². The number of halogens is 1. The van der Waals surface area contributed by atoms with Crippen LogP contribution in [-0.2, 0) is 0 Å². The van der Waals surface area contributed by atoms with Gasteiger partial charge in [-0.05, 0) is 46.3 Å². The molecule has 92 valence electrons. The number of amides is 1. The molecule has 0 saturated heterocycles. The third kappa shape index (κ3) is 2.78. The van der Waals surface area contributed by atoms with Crippen molar-refractivity contribution in [3.05, 3.63) is 52.4 Å². The van der Waals surface area contributed by atoms with Gasteiger partial charge in [-0.15, -0.1) is 0 Å². The Kier molecular flexibility index (Phi) is 3.47. The van der Waals surface area contributed by atoms with Gasteiger partial charge in [0.05, 0.1) is 5.56 Å². The zero-order valence-corrected chi connectivity index (χ0v) is 10.6. The molecule has 0 spiro atoms. The second-order valence-corrected chi connectivity index (χ2v) is 4.23. The summed E-state index contributed by atoms with van der Waals surface area (Å²) in [6.45, 7) is 0. The molecule has 0 unspecified atom stereocenters. The molecule has 1 aromatic carbocycles. The maximum Gasteiger partial charge on any atom is 0.335 e. The molecule has 2 aromatic rings. The van der Waals surface area contributed by atoms with E-state index in [0.29, 0.717) is 10.4 Å². The van der Waals surface area contributed by atoms with Crippen LogP contribution >= 0.6 is 15.9 Å². The number of carbonyl (C=O) groups is 2. The van der Waals surface area contributed by atoms with Crippen molar-refractivity contribution in [2.45, 2.75) is 0 Å². The third-order valence-corrected chi connectivity index (χ3v) is 2.59. The summed E-state index contributed by atoms with van der Waals surface area (Å²) in [6, 6.07) is 9.09. The summed E-state index contributed by atoms with van der Waals surface area (Å²) in [4.78, 5) is 22.5. The largest absolute Gasteiger partial charge is 0.478 e. The van der Waals surface area contributed by atoms with Crippen LogP contribution in [-0.4, -0.2) is 17.0 Å². The number of hydrogen-bond donors (Lipinski definition) is 2. The van der Waals surface area contributed by atoms with Gasteiger partial charge in [0, 0.05) is 5.69 Å². The van der Waals surface area contributed by atoms with Gasteiger partial charge in [0.1, 0.15) is 0 Å². The smallest absolute Gasteiger partial charge is 0.335 e. The number of anilines is 1. The zero-order valence-electron chi connectivity index (χ0n) is 9.01. The molecule has 2 rings (SSSR count). The van der Waals surface area contributed by atoms with E-state index >= 15 is 0 Å². The normalized spacial score (nSPS) is 10.1. The van der Waals surface area contributed by atoms with Crippen molar-refractivity contribution in [3.63, 3.8) is 0 Å². The molecule has 6 heteroatoms. The summed E-state index contributed by atoms with van der Waals surface area (Å²) < 4.78 is 5.53. The number of rotatable bonds is 3. The predicted molar refractivity (Wildman–Crippen MR) is 67.8 cm³/mol. The lowest BCUT2D eigenvalue weighted by Gasteiger charge is -2.03. The molecule has 5 nitrogen and oxygen atoms in total. The quantitative estimate of drug-likeness (QED) is 0.913. The van der Waals surface area contributed by atoms with Crippen LogP contribution in [0.4, 0.5) is 5.69 Å². The summed E-state index contributed by atoms with van der Waals surface area (Å²) in [5, 5.41) is 11.4. The second-order valence-electron chi connectivity index (χ2n) is 3.44. The molecule has 1 heterocycles. The van der Waals surface area contributed by atoms with Gasteiger partial charge in [-0.25, -0.2) is 4.79 Å². The minimum Gasteiger partial charge on any atom is -0.478 e. The van der Waals surface area contributed by atoms with E-state index in [9.17, 15) is 9.59 Å². The Balaban J connectivity index is 2.16. The Morgan fingerprint density at radius 3 is 2.61 bits per heavy atom. The molecule has 0 radical (unpaired) electrons. The summed E-state index contributed by atoms with van der Waals surface area (Å²) in [5.74, 6) is -1.35. The van der Waals surface area contributed by atoms with E-state index in [2.05, 4.69) is 21.2 Å². The Bertz CT molecular complexity index is 606. The van der Waals surface area contributed by atoms with E-state index in [1.54, 1.807) is 18.2 Å². The Morgan fingerprint density at radius 2 is 2.00 bits per heavy atom. The first-order valence-electron chi connectivity index (χ1n) is 4.96. The van der Waals surface area contributed by atoms with E-state index in [1.165, 1.54) is 18.2 Å². The van der Waals surface area contributed by atoms with Gasteiger partial charge in [-0.2, -0.15) is 0 Å². The van der Waals surface area contributed by atoms with Gasteiger partial charge < -0.3 is 14.8 Å². The lowest BCUT2D eigenvalue weighted by atomic mass is 10.2. The summed E-state index contributed by atoms with van der Waals surface area (Å²) >= 11 is 3.09. The van der Waals surface area contributed by atoms with Crippen LogP contribution in [0.3, 0.4) is 0 Å². The predicted octanol–water partition coefficient (Wildman–Crippen LogP) is 2.99. The van der Waals surface area contributed by atoms with Gasteiger partial charge in [-0.1, -0.05) is 6.07 Å². The second kappa shape index (κ2) is 5.05. The minimum absolute atomic E-state index is 0.105. The monoisotopic (exact) mass is 309 g/mol. The Hall–Kier alpha value is -2.08. The van der Waals surface area contributed by atoms with Crippen LogP contribution in [0.25, 0.3) is 0 Å². The highest BCUT2D eigenvalue weighted by Gasteiger charge is 2.11. The molecule has 0 bridgehead atoms. The highest BCUT2D eigenvalue weighted by atomic mass is 79.9. The molecular formula is C12H8BrNO4. The SMILES string of the molecule is O=C(O)c1cccc(NC(=O)c2ccc(Br)o2)c1. The van der Waals surface area contributed by atoms with Crippen LogP contribution in [0, 0.1) is 0 Å². The van der Waals surface area contributed by atoms with E-state index in [1.807, 2.05) is 0 Å². The van der Waals surface area contributed by atoms with Crippen molar-refractivity contribution in [3.8, 4) is 0 Å². The molecular weight excluding hydrogens is 302 g/mol. The van der Waals surface area contributed by atoms with E-state index in [0.717, 1.165) is 0 Å². The van der Waals surface area contributed by atoms with Crippen molar-refractivity contribution in [1.29, 1.82) is 0 Å². The molecule has 0 aliphatic carbocycles. The first-order valence-corrected chi connectivity index (χ1v) is 5.75. The molecule has 18 heavy (non-hydrogen) atoms. The Morgan fingerprint density at radius 1 is 1.22 bits per heavy atom. The summed E-state index contributed by atoms with van der Waals surface area (Å²) in [7, 11) is 0. The van der Waals surface area contributed by atoms with Gasteiger partial charge in [0.2, 0.25) is 0 Å². The van der Waals surface area contributed by atoms with Crippen LogP contribution < -0.4 is 5.32 Å². The maximum absolute atomic E-state index is 11.7. The fourth-order valence-corrected chi connectivity index (χ4v) is 1.67. The van der Waals surface area contributed by atoms with E-state index < -0.39 is 11.9 Å². The number of nitrogens with one attached hydrogen (secondary N) is 1. The standard InChI is InChI=1S/C12H8BrNO4/c13-10-5-4-9(18-10)11(15)14-8-3-1-2-7(6-8)12(16)17/h1-6H,(H,14,15)(H,16,17). The summed E-state index contributed by atoms with van der Waals surface area (Å²) in [5.41, 5.74) is 0.501. The number of hydrogen-bond acceptors (Lipinski definition) is 3. The van der Waals surface area contributed by atoms with Crippen LogP contribution in [0.15, 0.2) is 45.5 Å². The van der Waals surface area contributed by atoms with Crippen LogP contribution in [0.1, 0.15) is 20.9 Å². The molecule has 2 N–H and O–H groups in total. The zero-order chi connectivity index (χ0) is 13.1. The molecule has 0 fully saturated rings. The molecule has 0 aliphatic rings. The fraction of sp³-hybridized carbons (Fsp3) is 0. The highest BCUT2D eigenvalue weighted by Crippen LogP contribution is 2.16. The molecule has 0 atom stereocenters. The lowest BCUT2D eigenvalue weighted by molar-refractivity contribution is 0.0696. The lowest BCUT2D eigenvalue weighted by Crippen LogP contribution is -2.11.